The zero-order valence-corrected chi connectivity index (χ0v) is 10.4. The van der Waals surface area contributed by atoms with Crippen molar-refractivity contribution in [1.29, 1.82) is 0 Å². The molecule has 0 aliphatic heterocycles. The van der Waals surface area contributed by atoms with Crippen molar-refractivity contribution in [3.63, 3.8) is 0 Å². The molecule has 0 atom stereocenters. The van der Waals surface area contributed by atoms with Crippen LogP contribution in [0, 0.1) is 0 Å². The van der Waals surface area contributed by atoms with Crippen molar-refractivity contribution in [3.05, 3.63) is 33.2 Å². The molecule has 3 N–H and O–H groups in total. The number of rotatable bonds is 5. The Labute approximate surface area is 102 Å². The maximum Gasteiger partial charge on any atom is 0.251 e. The van der Waals surface area contributed by atoms with Gasteiger partial charge in [0.2, 0.25) is 5.91 Å². The molecule has 0 saturated heterocycles. The smallest absolute Gasteiger partial charge is 0.251 e. The Balaban J connectivity index is 2.55. The molecule has 5 nitrogen and oxygen atoms in total. The third-order valence-corrected chi connectivity index (χ3v) is 2.72. The minimum Gasteiger partial charge on any atom is -0.355 e. The lowest BCUT2D eigenvalue weighted by Crippen LogP contribution is -2.31. The second-order valence-electron chi connectivity index (χ2n) is 3.23. The molecule has 0 aliphatic carbocycles. The van der Waals surface area contributed by atoms with E-state index >= 15 is 0 Å². The molecule has 0 aliphatic rings. The topological polar surface area (TPSA) is 77.1 Å². The molecule has 88 valence electrons. The fourth-order valence-corrected chi connectivity index (χ4v) is 1.73. The van der Waals surface area contributed by atoms with Crippen LogP contribution in [0.5, 0.6) is 0 Å². The van der Waals surface area contributed by atoms with Crippen LogP contribution < -0.4 is 16.6 Å². The van der Waals surface area contributed by atoms with Gasteiger partial charge >= 0.3 is 0 Å². The predicted octanol–water partition coefficient (Wildman–Crippen LogP) is 0.0758. The highest BCUT2D eigenvalue weighted by Crippen LogP contribution is 2.06. The molecule has 6 heteroatoms. The van der Waals surface area contributed by atoms with Gasteiger partial charge in [-0.3, -0.25) is 9.59 Å². The second-order valence-corrected chi connectivity index (χ2v) is 4.04. The molecule has 0 fully saturated rings. The summed E-state index contributed by atoms with van der Waals surface area (Å²) in [6.45, 7) is 1.24. The average Bonchev–Trinajstić information content (AvgIpc) is 2.25. The third kappa shape index (κ3) is 3.79. The van der Waals surface area contributed by atoms with Crippen molar-refractivity contribution in [2.75, 3.05) is 13.1 Å². The first-order valence-electron chi connectivity index (χ1n) is 4.97. The lowest BCUT2D eigenvalue weighted by molar-refractivity contribution is -0.121. The van der Waals surface area contributed by atoms with Gasteiger partial charge in [-0.25, -0.2) is 0 Å². The first-order chi connectivity index (χ1) is 7.65. The maximum atomic E-state index is 11.4. The molecule has 0 unspecified atom stereocenters. The number of nitrogens with two attached hydrogens (primary N) is 1. The van der Waals surface area contributed by atoms with Crippen LogP contribution in [-0.2, 0) is 11.3 Å². The Hall–Kier alpha value is -1.14. The summed E-state index contributed by atoms with van der Waals surface area (Å²) in [7, 11) is 0. The predicted molar refractivity (Wildman–Crippen MR) is 65.1 cm³/mol. The zero-order chi connectivity index (χ0) is 12.0. The summed E-state index contributed by atoms with van der Waals surface area (Å²) in [6.07, 6.45) is 0.266. The van der Waals surface area contributed by atoms with Crippen molar-refractivity contribution < 1.29 is 4.79 Å². The van der Waals surface area contributed by atoms with Gasteiger partial charge in [0.15, 0.2) is 0 Å². The van der Waals surface area contributed by atoms with Crippen LogP contribution in [0.1, 0.15) is 6.42 Å². The van der Waals surface area contributed by atoms with Gasteiger partial charge in [0.25, 0.3) is 5.56 Å². The summed E-state index contributed by atoms with van der Waals surface area (Å²) >= 11 is 3.26. The van der Waals surface area contributed by atoms with Crippen LogP contribution in [0.25, 0.3) is 0 Å². The molecule has 1 aromatic rings. The van der Waals surface area contributed by atoms with E-state index in [2.05, 4.69) is 21.2 Å². The summed E-state index contributed by atoms with van der Waals surface area (Å²) in [4.78, 5) is 22.7. The number of hydrogen-bond donors (Lipinski definition) is 2. The minimum absolute atomic E-state index is 0.104. The van der Waals surface area contributed by atoms with Gasteiger partial charge in [-0.1, -0.05) is 6.07 Å². The number of nitrogens with zero attached hydrogens (tertiary/aromatic N) is 1. The molecule has 0 aromatic carbocycles. The van der Waals surface area contributed by atoms with Gasteiger partial charge in [-0.15, -0.1) is 0 Å². The lowest BCUT2D eigenvalue weighted by Gasteiger charge is -2.08. The molecule has 1 amide bonds. The van der Waals surface area contributed by atoms with Crippen LogP contribution in [0.2, 0.25) is 0 Å². The monoisotopic (exact) mass is 287 g/mol. The molecular formula is C10H14BrN3O2. The highest BCUT2D eigenvalue weighted by Gasteiger charge is 2.04. The first-order valence-corrected chi connectivity index (χ1v) is 5.76. The van der Waals surface area contributed by atoms with Gasteiger partial charge in [-0.05, 0) is 22.0 Å². The number of halogens is 1. The zero-order valence-electron chi connectivity index (χ0n) is 8.78. The van der Waals surface area contributed by atoms with Gasteiger partial charge in [0.1, 0.15) is 0 Å². The average molecular weight is 288 g/mol. The molecule has 16 heavy (non-hydrogen) atoms. The fraction of sp³-hybridized carbons (Fsp3) is 0.400. The van der Waals surface area contributed by atoms with Crippen LogP contribution in [-0.4, -0.2) is 23.6 Å². The molecule has 1 aromatic heterocycles. The summed E-state index contributed by atoms with van der Waals surface area (Å²) in [5.41, 5.74) is 5.13. The Morgan fingerprint density at radius 2 is 2.25 bits per heavy atom. The van der Waals surface area contributed by atoms with E-state index in [0.717, 1.165) is 0 Å². The minimum atomic E-state index is -0.124. The summed E-state index contributed by atoms with van der Waals surface area (Å²) in [6, 6.07) is 4.89. The number of hydrogen-bond acceptors (Lipinski definition) is 3. The number of carbonyl (C=O) groups excluding carboxylic acids is 1. The van der Waals surface area contributed by atoms with E-state index in [1.807, 2.05) is 0 Å². The van der Waals surface area contributed by atoms with Gasteiger partial charge in [0.05, 0.1) is 4.60 Å². The van der Waals surface area contributed by atoms with Crippen molar-refractivity contribution in [2.45, 2.75) is 13.0 Å². The van der Waals surface area contributed by atoms with E-state index in [0.29, 0.717) is 24.2 Å². The Kier molecular flexibility index (Phi) is 5.21. The fourth-order valence-electron chi connectivity index (χ4n) is 1.23. The number of amides is 1. The van der Waals surface area contributed by atoms with E-state index in [4.69, 9.17) is 5.73 Å². The third-order valence-electron chi connectivity index (χ3n) is 2.03. The van der Waals surface area contributed by atoms with Gasteiger partial charge < -0.3 is 15.6 Å². The van der Waals surface area contributed by atoms with Crippen LogP contribution in [0.15, 0.2) is 27.6 Å². The molecule has 1 rings (SSSR count). The molecule has 0 bridgehead atoms. The molecular weight excluding hydrogens is 274 g/mol. The van der Waals surface area contributed by atoms with Crippen molar-refractivity contribution >= 4 is 21.8 Å². The van der Waals surface area contributed by atoms with Crippen molar-refractivity contribution in [1.82, 2.24) is 9.88 Å². The van der Waals surface area contributed by atoms with E-state index in [9.17, 15) is 9.59 Å². The summed E-state index contributed by atoms with van der Waals surface area (Å²) in [5.74, 6) is -0.104. The molecule has 0 saturated carbocycles. The van der Waals surface area contributed by atoms with E-state index in [1.54, 1.807) is 12.1 Å². The highest BCUT2D eigenvalue weighted by atomic mass is 79.9. The standard InChI is InChI=1S/C10H14BrN3O2/c11-8-2-1-3-10(16)14(8)7-4-9(15)13-6-5-12/h1-3H,4-7,12H2,(H,13,15). The van der Waals surface area contributed by atoms with Crippen molar-refractivity contribution in [2.24, 2.45) is 5.73 Å². The van der Waals surface area contributed by atoms with Gasteiger partial charge in [-0.2, -0.15) is 0 Å². The number of pyridine rings is 1. The van der Waals surface area contributed by atoms with Crippen molar-refractivity contribution in [3.8, 4) is 0 Å². The summed E-state index contributed by atoms with van der Waals surface area (Å²) < 4.78 is 2.17. The largest absolute Gasteiger partial charge is 0.355 e. The first kappa shape index (κ1) is 12.9. The van der Waals surface area contributed by atoms with Crippen LogP contribution in [0.3, 0.4) is 0 Å². The Bertz CT molecular complexity index is 417. The lowest BCUT2D eigenvalue weighted by atomic mass is 10.3. The molecule has 0 spiro atoms. The number of nitrogens with one attached hydrogen (secondary N) is 1. The normalized spacial score (nSPS) is 10.1. The Morgan fingerprint density at radius 1 is 1.50 bits per heavy atom. The summed E-state index contributed by atoms with van der Waals surface area (Å²) in [5, 5.41) is 2.65. The Morgan fingerprint density at radius 3 is 2.88 bits per heavy atom. The highest BCUT2D eigenvalue weighted by molar-refractivity contribution is 9.10. The molecule has 0 radical (unpaired) electrons. The second kappa shape index (κ2) is 6.44. The SMILES string of the molecule is NCCNC(=O)CCn1c(Br)cccc1=O. The number of carbonyl (C=O) groups is 1. The maximum absolute atomic E-state index is 11.4. The quantitative estimate of drug-likeness (QED) is 0.753. The molecule has 1 heterocycles. The van der Waals surface area contributed by atoms with E-state index < -0.39 is 0 Å². The van der Waals surface area contributed by atoms with Crippen LogP contribution >= 0.6 is 15.9 Å². The van der Waals surface area contributed by atoms with Gasteiger partial charge in [0, 0.05) is 32.1 Å². The van der Waals surface area contributed by atoms with E-state index in [-0.39, 0.29) is 17.9 Å². The number of aromatic nitrogens is 1. The van der Waals surface area contributed by atoms with E-state index in [1.165, 1.54) is 10.6 Å². The van der Waals surface area contributed by atoms with Crippen LogP contribution in [0.4, 0.5) is 0 Å².